The zero-order valence-corrected chi connectivity index (χ0v) is 16.5. The lowest BCUT2D eigenvalue weighted by atomic mass is 10.1. The second-order valence-corrected chi connectivity index (χ2v) is 6.99. The van der Waals surface area contributed by atoms with Gasteiger partial charge in [-0.25, -0.2) is 4.79 Å². The normalized spacial score (nSPS) is 11.1. The first-order valence-electron chi connectivity index (χ1n) is 8.10. The molecule has 0 aliphatic heterocycles. The third kappa shape index (κ3) is 3.85. The van der Waals surface area contributed by atoms with Crippen molar-refractivity contribution in [2.75, 3.05) is 0 Å². The van der Waals surface area contributed by atoms with Crippen molar-refractivity contribution in [1.82, 2.24) is 24.7 Å². The highest BCUT2D eigenvalue weighted by Gasteiger charge is 2.17. The fourth-order valence-electron chi connectivity index (χ4n) is 2.36. The van der Waals surface area contributed by atoms with E-state index in [-0.39, 0.29) is 44.9 Å². The van der Waals surface area contributed by atoms with Gasteiger partial charge in [-0.3, -0.25) is 9.78 Å². The Bertz CT molecular complexity index is 1150. The van der Waals surface area contributed by atoms with Crippen LogP contribution in [0.4, 0.5) is 0 Å². The van der Waals surface area contributed by atoms with Gasteiger partial charge in [-0.1, -0.05) is 37.0 Å². The summed E-state index contributed by atoms with van der Waals surface area (Å²) in [5.74, 6) is -0.0319. The Morgan fingerprint density at radius 1 is 1.21 bits per heavy atom. The smallest absolute Gasteiger partial charge is 0.349 e. The van der Waals surface area contributed by atoms with Crippen molar-refractivity contribution in [3.63, 3.8) is 0 Å². The highest BCUT2D eigenvalue weighted by molar-refractivity contribution is 6.37. The second kappa shape index (κ2) is 7.61. The summed E-state index contributed by atoms with van der Waals surface area (Å²) in [6.45, 7) is 5.18. The Morgan fingerprint density at radius 2 is 1.86 bits per heavy atom. The molecule has 0 saturated carbocycles. The summed E-state index contributed by atoms with van der Waals surface area (Å²) >= 11 is 12.5. The molecule has 2 heterocycles. The van der Waals surface area contributed by atoms with Crippen LogP contribution in [-0.4, -0.2) is 29.8 Å². The van der Waals surface area contributed by atoms with Crippen LogP contribution in [-0.2, 0) is 0 Å². The number of hydrogen-bond acceptors (Lipinski definition) is 7. The molecule has 2 N–H and O–H groups in total. The standard InChI is InChI=1S/C17H15Cl2N5O4/c1-7(2)13-12(25)6-20-16(21-13)28-14-10(18)4-9(5-11(14)19)24-17(27)22-15(26)8(3)23-24/h4-7,25H,1-3H3,(H,22,26,27). The predicted molar refractivity (Wildman–Crippen MR) is 103 cm³/mol. The summed E-state index contributed by atoms with van der Waals surface area (Å²) in [7, 11) is 0. The zero-order chi connectivity index (χ0) is 20.6. The number of aromatic hydroxyl groups is 1. The molecular weight excluding hydrogens is 409 g/mol. The van der Waals surface area contributed by atoms with E-state index in [1.165, 1.54) is 25.3 Å². The van der Waals surface area contributed by atoms with Crippen LogP contribution in [0, 0.1) is 6.92 Å². The van der Waals surface area contributed by atoms with E-state index in [9.17, 15) is 14.7 Å². The van der Waals surface area contributed by atoms with Crippen LogP contribution in [0.25, 0.3) is 5.69 Å². The Hall–Kier alpha value is -2.91. The van der Waals surface area contributed by atoms with E-state index in [0.717, 1.165) is 4.68 Å². The van der Waals surface area contributed by atoms with Crippen LogP contribution >= 0.6 is 23.2 Å². The lowest BCUT2D eigenvalue weighted by molar-refractivity contribution is 0.417. The molecule has 0 atom stereocenters. The molecule has 0 aliphatic carbocycles. The number of halogens is 2. The van der Waals surface area contributed by atoms with Crippen molar-refractivity contribution in [2.45, 2.75) is 26.7 Å². The molecule has 3 rings (SSSR count). The Kier molecular flexibility index (Phi) is 5.39. The lowest BCUT2D eigenvalue weighted by Crippen LogP contribution is -2.32. The Morgan fingerprint density at radius 3 is 2.46 bits per heavy atom. The number of hydrogen-bond donors (Lipinski definition) is 2. The van der Waals surface area contributed by atoms with Gasteiger partial charge in [0.25, 0.3) is 5.56 Å². The first-order valence-corrected chi connectivity index (χ1v) is 8.86. The number of H-pyrrole nitrogens is 1. The Balaban J connectivity index is 2.02. The summed E-state index contributed by atoms with van der Waals surface area (Å²) in [5.41, 5.74) is -0.566. The Labute approximate surface area is 168 Å². The number of nitrogens with zero attached hydrogens (tertiary/aromatic N) is 4. The molecule has 0 unspecified atom stereocenters. The second-order valence-electron chi connectivity index (χ2n) is 6.17. The number of aryl methyl sites for hydroxylation is 1. The maximum Gasteiger partial charge on any atom is 0.349 e. The van der Waals surface area contributed by atoms with Crippen LogP contribution in [0.2, 0.25) is 10.0 Å². The molecule has 0 spiro atoms. The zero-order valence-electron chi connectivity index (χ0n) is 15.0. The molecule has 9 nitrogen and oxygen atoms in total. The van der Waals surface area contributed by atoms with Crippen LogP contribution in [0.5, 0.6) is 17.5 Å². The summed E-state index contributed by atoms with van der Waals surface area (Å²) in [4.78, 5) is 33.7. The van der Waals surface area contributed by atoms with E-state index in [0.29, 0.717) is 5.69 Å². The number of aromatic nitrogens is 5. The number of rotatable bonds is 4. The first-order chi connectivity index (χ1) is 13.2. The third-order valence-electron chi connectivity index (χ3n) is 3.74. The summed E-state index contributed by atoms with van der Waals surface area (Å²) in [6, 6.07) is 2.76. The van der Waals surface area contributed by atoms with Gasteiger partial charge in [0.2, 0.25) is 0 Å². The maximum absolute atomic E-state index is 12.0. The molecule has 0 radical (unpaired) electrons. The van der Waals surface area contributed by atoms with Gasteiger partial charge in [0.05, 0.1) is 27.6 Å². The third-order valence-corrected chi connectivity index (χ3v) is 4.30. The number of aromatic amines is 1. The fourth-order valence-corrected chi connectivity index (χ4v) is 2.91. The van der Waals surface area contributed by atoms with Gasteiger partial charge in [0.1, 0.15) is 5.69 Å². The van der Waals surface area contributed by atoms with Crippen molar-refractivity contribution in [3.8, 4) is 23.2 Å². The molecule has 0 aliphatic rings. The van der Waals surface area contributed by atoms with Gasteiger partial charge in [-0.2, -0.15) is 19.7 Å². The molecule has 0 saturated heterocycles. The quantitative estimate of drug-likeness (QED) is 0.660. The molecule has 0 bridgehead atoms. The molecule has 3 aromatic rings. The van der Waals surface area contributed by atoms with Crippen LogP contribution in [0.1, 0.15) is 31.2 Å². The minimum absolute atomic E-state index is 0.0474. The van der Waals surface area contributed by atoms with E-state index < -0.39 is 11.2 Å². The van der Waals surface area contributed by atoms with Gasteiger partial charge in [-0.05, 0) is 25.0 Å². The molecular formula is C17H15Cl2N5O4. The van der Waals surface area contributed by atoms with Crippen LogP contribution < -0.4 is 16.0 Å². The first kappa shape index (κ1) is 19.8. The van der Waals surface area contributed by atoms with Gasteiger partial charge in [0, 0.05) is 0 Å². The maximum atomic E-state index is 12.0. The largest absolute Gasteiger partial charge is 0.504 e. The fraction of sp³-hybridized carbons (Fsp3) is 0.235. The topological polar surface area (TPSA) is 123 Å². The van der Waals surface area contributed by atoms with Gasteiger partial charge in [-0.15, -0.1) is 0 Å². The average molecular weight is 424 g/mol. The van der Waals surface area contributed by atoms with Gasteiger partial charge in [0.15, 0.2) is 11.5 Å². The van der Waals surface area contributed by atoms with E-state index in [1.807, 2.05) is 13.8 Å². The SMILES string of the molecule is Cc1nn(-c2cc(Cl)c(Oc3ncc(O)c(C(C)C)n3)c(Cl)c2)c(=O)[nH]c1=O. The molecule has 11 heteroatoms. The molecule has 1 aromatic carbocycles. The van der Waals surface area contributed by atoms with E-state index >= 15 is 0 Å². The van der Waals surface area contributed by atoms with Crippen molar-refractivity contribution in [1.29, 1.82) is 0 Å². The number of nitrogens with one attached hydrogen (secondary N) is 1. The van der Waals surface area contributed by atoms with E-state index in [4.69, 9.17) is 27.9 Å². The predicted octanol–water partition coefficient (Wildman–Crippen LogP) is 2.95. The highest BCUT2D eigenvalue weighted by Crippen LogP contribution is 2.37. The van der Waals surface area contributed by atoms with E-state index in [1.54, 1.807) is 0 Å². The minimum atomic E-state index is -0.736. The average Bonchev–Trinajstić information content (AvgIpc) is 2.62. The van der Waals surface area contributed by atoms with Crippen LogP contribution in [0.3, 0.4) is 0 Å². The van der Waals surface area contributed by atoms with E-state index in [2.05, 4.69) is 20.1 Å². The lowest BCUT2D eigenvalue weighted by Gasteiger charge is -2.13. The monoisotopic (exact) mass is 423 g/mol. The number of benzene rings is 1. The van der Waals surface area contributed by atoms with Crippen molar-refractivity contribution in [2.24, 2.45) is 0 Å². The highest BCUT2D eigenvalue weighted by atomic mass is 35.5. The van der Waals surface area contributed by atoms with Crippen molar-refractivity contribution in [3.05, 3.63) is 60.6 Å². The van der Waals surface area contributed by atoms with Gasteiger partial charge >= 0.3 is 11.7 Å². The van der Waals surface area contributed by atoms with Crippen LogP contribution in [0.15, 0.2) is 27.9 Å². The summed E-state index contributed by atoms with van der Waals surface area (Å²) < 4.78 is 6.55. The molecule has 0 fully saturated rings. The molecule has 0 amide bonds. The van der Waals surface area contributed by atoms with Gasteiger partial charge < -0.3 is 9.84 Å². The molecule has 28 heavy (non-hydrogen) atoms. The van der Waals surface area contributed by atoms with Crippen molar-refractivity contribution < 1.29 is 9.84 Å². The molecule has 2 aromatic heterocycles. The minimum Gasteiger partial charge on any atom is -0.504 e. The number of ether oxygens (including phenoxy) is 1. The van der Waals surface area contributed by atoms with Crippen molar-refractivity contribution >= 4 is 23.2 Å². The summed E-state index contributed by atoms with van der Waals surface area (Å²) in [6.07, 6.45) is 1.22. The molecule has 146 valence electrons. The summed E-state index contributed by atoms with van der Waals surface area (Å²) in [5, 5.41) is 13.9.